The molecule has 0 saturated carbocycles. The average molecular weight is 219 g/mol. The Kier molecular flexibility index (Phi) is 7.99. The number of hydrogen-bond acceptors (Lipinski definition) is 4. The van der Waals surface area contributed by atoms with Gasteiger partial charge in [-0.1, -0.05) is 13.8 Å². The van der Waals surface area contributed by atoms with Crippen LogP contribution in [0.3, 0.4) is 0 Å². The molecule has 0 amide bonds. The highest BCUT2D eigenvalue weighted by Crippen LogP contribution is 2.14. The fraction of sp³-hybridized carbons (Fsp3) is 0.900. The summed E-state index contributed by atoms with van der Waals surface area (Å²) in [5, 5.41) is 3.83. The number of methoxy groups -OCH3 is 1. The Morgan fingerprint density at radius 2 is 2.14 bits per heavy atom. The van der Waals surface area contributed by atoms with Gasteiger partial charge in [0.05, 0.1) is 12.9 Å². The number of thioether (sulfide) groups is 1. The van der Waals surface area contributed by atoms with E-state index in [0.717, 1.165) is 13.0 Å². The zero-order valence-electron chi connectivity index (χ0n) is 9.50. The van der Waals surface area contributed by atoms with Gasteiger partial charge in [-0.2, -0.15) is 0 Å². The van der Waals surface area contributed by atoms with Gasteiger partial charge in [-0.25, -0.2) is 0 Å². The molecule has 0 heterocycles. The Bertz CT molecular complexity index is 164. The van der Waals surface area contributed by atoms with Crippen molar-refractivity contribution >= 4 is 17.7 Å². The SMILES string of the molecule is CCCNC(C)C(C)SCC(=O)OC. The van der Waals surface area contributed by atoms with Crippen LogP contribution in [0.1, 0.15) is 27.2 Å². The number of rotatable bonds is 7. The molecule has 84 valence electrons. The summed E-state index contributed by atoms with van der Waals surface area (Å²) in [6.45, 7) is 7.45. The number of ether oxygens (including phenoxy) is 1. The highest BCUT2D eigenvalue weighted by Gasteiger charge is 2.13. The summed E-state index contributed by atoms with van der Waals surface area (Å²) in [4.78, 5) is 10.9. The lowest BCUT2D eigenvalue weighted by Crippen LogP contribution is -2.34. The van der Waals surface area contributed by atoms with E-state index >= 15 is 0 Å². The maximum atomic E-state index is 10.9. The van der Waals surface area contributed by atoms with Crippen LogP contribution in [0.25, 0.3) is 0 Å². The molecule has 3 nitrogen and oxygen atoms in total. The smallest absolute Gasteiger partial charge is 0.315 e. The fourth-order valence-corrected chi connectivity index (χ4v) is 1.84. The van der Waals surface area contributed by atoms with Gasteiger partial charge in [0, 0.05) is 11.3 Å². The van der Waals surface area contributed by atoms with E-state index in [2.05, 4.69) is 30.8 Å². The lowest BCUT2D eigenvalue weighted by atomic mass is 10.2. The van der Waals surface area contributed by atoms with E-state index in [1.165, 1.54) is 7.11 Å². The van der Waals surface area contributed by atoms with Gasteiger partial charge in [-0.05, 0) is 19.9 Å². The van der Waals surface area contributed by atoms with Gasteiger partial charge < -0.3 is 10.1 Å². The summed E-state index contributed by atoms with van der Waals surface area (Å²) in [5.74, 6) is 0.292. The molecule has 0 bridgehead atoms. The quantitative estimate of drug-likeness (QED) is 0.661. The molecular formula is C10H21NO2S. The van der Waals surface area contributed by atoms with E-state index in [1.807, 2.05) is 0 Å². The third-order valence-electron chi connectivity index (χ3n) is 2.11. The summed E-state index contributed by atoms with van der Waals surface area (Å²) in [6, 6.07) is 0.435. The summed E-state index contributed by atoms with van der Waals surface area (Å²) < 4.78 is 4.58. The second-order valence-corrected chi connectivity index (χ2v) is 4.70. The van der Waals surface area contributed by atoms with Crippen LogP contribution in [0, 0.1) is 0 Å². The monoisotopic (exact) mass is 219 g/mol. The van der Waals surface area contributed by atoms with Gasteiger partial charge >= 0.3 is 5.97 Å². The van der Waals surface area contributed by atoms with Crippen molar-refractivity contribution in [1.82, 2.24) is 5.32 Å². The van der Waals surface area contributed by atoms with E-state index < -0.39 is 0 Å². The van der Waals surface area contributed by atoms with Gasteiger partial charge in [0.15, 0.2) is 0 Å². The van der Waals surface area contributed by atoms with Crippen LogP contribution in [0.4, 0.5) is 0 Å². The second kappa shape index (κ2) is 8.12. The first-order chi connectivity index (χ1) is 6.61. The van der Waals surface area contributed by atoms with Crippen molar-refractivity contribution in [3.63, 3.8) is 0 Å². The number of esters is 1. The number of carbonyl (C=O) groups excluding carboxylic acids is 1. The number of carbonyl (C=O) groups is 1. The van der Waals surface area contributed by atoms with E-state index in [-0.39, 0.29) is 5.97 Å². The first kappa shape index (κ1) is 13.8. The van der Waals surface area contributed by atoms with E-state index in [9.17, 15) is 4.79 Å². The van der Waals surface area contributed by atoms with Crippen LogP contribution in [0.5, 0.6) is 0 Å². The van der Waals surface area contributed by atoms with Crippen LogP contribution in [-0.4, -0.2) is 36.7 Å². The zero-order valence-corrected chi connectivity index (χ0v) is 10.3. The molecule has 0 aliphatic carbocycles. The van der Waals surface area contributed by atoms with E-state index in [4.69, 9.17) is 0 Å². The minimum absolute atomic E-state index is 0.149. The molecular weight excluding hydrogens is 198 g/mol. The Balaban J connectivity index is 3.60. The second-order valence-electron chi connectivity index (χ2n) is 3.34. The molecule has 0 saturated heterocycles. The first-order valence-corrected chi connectivity index (χ1v) is 6.08. The Hall–Kier alpha value is -0.220. The Labute approximate surface area is 91.0 Å². The molecule has 1 N–H and O–H groups in total. The third kappa shape index (κ3) is 6.27. The Morgan fingerprint density at radius 3 is 2.64 bits per heavy atom. The standard InChI is InChI=1S/C10H21NO2S/c1-5-6-11-8(2)9(3)14-7-10(12)13-4/h8-9,11H,5-7H2,1-4H3. The van der Waals surface area contributed by atoms with Crippen molar-refractivity contribution in [3.05, 3.63) is 0 Å². The van der Waals surface area contributed by atoms with Crippen LogP contribution in [0.15, 0.2) is 0 Å². The third-order valence-corrected chi connectivity index (χ3v) is 3.45. The van der Waals surface area contributed by atoms with Gasteiger partial charge in [-0.3, -0.25) is 4.79 Å². The summed E-state index contributed by atoms with van der Waals surface area (Å²) >= 11 is 1.63. The zero-order chi connectivity index (χ0) is 11.0. The van der Waals surface area contributed by atoms with E-state index in [0.29, 0.717) is 17.0 Å². The van der Waals surface area contributed by atoms with Crippen molar-refractivity contribution in [2.45, 2.75) is 38.5 Å². The van der Waals surface area contributed by atoms with Crippen molar-refractivity contribution in [1.29, 1.82) is 0 Å². The average Bonchev–Trinajstić information content (AvgIpc) is 2.21. The van der Waals surface area contributed by atoms with E-state index in [1.54, 1.807) is 11.8 Å². The fourth-order valence-electron chi connectivity index (χ4n) is 0.941. The Morgan fingerprint density at radius 1 is 1.50 bits per heavy atom. The molecule has 0 aromatic carbocycles. The molecule has 4 heteroatoms. The lowest BCUT2D eigenvalue weighted by Gasteiger charge is -2.20. The predicted molar refractivity (Wildman–Crippen MR) is 61.7 cm³/mol. The van der Waals surface area contributed by atoms with Crippen LogP contribution >= 0.6 is 11.8 Å². The van der Waals surface area contributed by atoms with Crippen molar-refractivity contribution in [3.8, 4) is 0 Å². The predicted octanol–water partition coefficient (Wildman–Crippen LogP) is 1.67. The van der Waals surface area contributed by atoms with Crippen molar-refractivity contribution < 1.29 is 9.53 Å². The minimum atomic E-state index is -0.149. The van der Waals surface area contributed by atoms with Crippen LogP contribution < -0.4 is 5.32 Å². The maximum Gasteiger partial charge on any atom is 0.315 e. The van der Waals surface area contributed by atoms with Crippen molar-refractivity contribution in [2.24, 2.45) is 0 Å². The highest BCUT2D eigenvalue weighted by molar-refractivity contribution is 8.00. The minimum Gasteiger partial charge on any atom is -0.468 e. The van der Waals surface area contributed by atoms with Gasteiger partial charge in [0.2, 0.25) is 0 Å². The molecule has 2 atom stereocenters. The molecule has 0 aromatic rings. The number of nitrogens with one attached hydrogen (secondary N) is 1. The first-order valence-electron chi connectivity index (χ1n) is 5.03. The van der Waals surface area contributed by atoms with Crippen LogP contribution in [0.2, 0.25) is 0 Å². The van der Waals surface area contributed by atoms with Crippen LogP contribution in [-0.2, 0) is 9.53 Å². The van der Waals surface area contributed by atoms with Gasteiger partial charge in [0.1, 0.15) is 0 Å². The summed E-state index contributed by atoms with van der Waals surface area (Å²) in [5.41, 5.74) is 0. The molecule has 14 heavy (non-hydrogen) atoms. The molecule has 2 unspecified atom stereocenters. The normalized spacial score (nSPS) is 14.9. The molecule has 0 aromatic heterocycles. The maximum absolute atomic E-state index is 10.9. The number of hydrogen-bond donors (Lipinski definition) is 1. The van der Waals surface area contributed by atoms with Gasteiger partial charge in [-0.15, -0.1) is 11.8 Å². The molecule has 0 aliphatic heterocycles. The molecule has 0 spiro atoms. The largest absolute Gasteiger partial charge is 0.468 e. The topological polar surface area (TPSA) is 38.3 Å². The summed E-state index contributed by atoms with van der Waals surface area (Å²) in [6.07, 6.45) is 1.14. The van der Waals surface area contributed by atoms with Gasteiger partial charge in [0.25, 0.3) is 0 Å². The molecule has 0 rings (SSSR count). The van der Waals surface area contributed by atoms with Crippen molar-refractivity contribution in [2.75, 3.05) is 19.4 Å². The molecule has 0 radical (unpaired) electrons. The molecule has 0 fully saturated rings. The molecule has 0 aliphatic rings. The highest BCUT2D eigenvalue weighted by atomic mass is 32.2. The summed E-state index contributed by atoms with van der Waals surface area (Å²) in [7, 11) is 1.42. The lowest BCUT2D eigenvalue weighted by molar-refractivity contribution is -0.137.